The van der Waals surface area contributed by atoms with Crippen LogP contribution >= 0.6 is 0 Å². The molecule has 0 aromatic heterocycles. The standard InChI is InChI=1S/C29H31N3O/c1-20-9-12-24(13-10-20)28-17-27(26-16-21(2)8-11-22(26)3)30-32(28)29(33)19-31-15-14-23-6-4-5-7-25(23)18-31/h4-13,16,28H,14-15,17-19H2,1-3H3/t28-/m1/s1. The number of nitrogens with zero attached hydrogens (tertiary/aromatic N) is 3. The van der Waals surface area contributed by atoms with Crippen molar-refractivity contribution < 1.29 is 4.79 Å². The van der Waals surface area contributed by atoms with Gasteiger partial charge in [-0.1, -0.05) is 71.8 Å². The van der Waals surface area contributed by atoms with Crippen LogP contribution in [0.5, 0.6) is 0 Å². The van der Waals surface area contributed by atoms with Gasteiger partial charge in [-0.05, 0) is 55.5 Å². The predicted molar refractivity (Wildman–Crippen MR) is 133 cm³/mol. The van der Waals surface area contributed by atoms with E-state index in [1.807, 2.05) is 0 Å². The fourth-order valence-corrected chi connectivity index (χ4v) is 4.95. The van der Waals surface area contributed by atoms with Crippen LogP contribution in [0, 0.1) is 20.8 Å². The zero-order valence-electron chi connectivity index (χ0n) is 19.7. The quantitative estimate of drug-likeness (QED) is 0.552. The van der Waals surface area contributed by atoms with Crippen LogP contribution in [0.3, 0.4) is 0 Å². The minimum Gasteiger partial charge on any atom is -0.290 e. The number of hydrazone groups is 1. The van der Waals surface area contributed by atoms with Gasteiger partial charge in [0.2, 0.25) is 0 Å². The average molecular weight is 438 g/mol. The number of benzene rings is 3. The molecule has 2 heterocycles. The van der Waals surface area contributed by atoms with Crippen LogP contribution in [0.4, 0.5) is 0 Å². The zero-order valence-corrected chi connectivity index (χ0v) is 19.7. The Morgan fingerprint density at radius 3 is 2.45 bits per heavy atom. The molecule has 5 rings (SSSR count). The number of carbonyl (C=O) groups excluding carboxylic acids is 1. The van der Waals surface area contributed by atoms with Crippen molar-refractivity contribution in [2.45, 2.75) is 46.2 Å². The molecule has 2 aliphatic heterocycles. The van der Waals surface area contributed by atoms with Crippen molar-refractivity contribution in [3.05, 3.63) is 106 Å². The summed E-state index contributed by atoms with van der Waals surface area (Å²) in [4.78, 5) is 15.8. The van der Waals surface area contributed by atoms with E-state index in [1.165, 1.54) is 27.8 Å². The molecular weight excluding hydrogens is 406 g/mol. The van der Waals surface area contributed by atoms with E-state index in [9.17, 15) is 4.79 Å². The van der Waals surface area contributed by atoms with Crippen LogP contribution in [0.15, 0.2) is 71.8 Å². The first-order valence-corrected chi connectivity index (χ1v) is 11.8. The van der Waals surface area contributed by atoms with Crippen LogP contribution in [0.2, 0.25) is 0 Å². The molecule has 33 heavy (non-hydrogen) atoms. The lowest BCUT2D eigenvalue weighted by Crippen LogP contribution is -2.40. The fraction of sp³-hybridized carbons (Fsp3) is 0.310. The van der Waals surface area contributed by atoms with Gasteiger partial charge in [0.1, 0.15) is 0 Å². The summed E-state index contributed by atoms with van der Waals surface area (Å²) >= 11 is 0. The van der Waals surface area contributed by atoms with Crippen molar-refractivity contribution in [2.24, 2.45) is 5.10 Å². The highest BCUT2D eigenvalue weighted by Gasteiger charge is 2.34. The molecule has 0 saturated heterocycles. The number of fused-ring (bicyclic) bond motifs is 1. The highest BCUT2D eigenvalue weighted by molar-refractivity contribution is 6.04. The molecule has 1 amide bonds. The van der Waals surface area contributed by atoms with Gasteiger partial charge in [-0.25, -0.2) is 5.01 Å². The molecule has 2 aliphatic rings. The smallest absolute Gasteiger partial charge is 0.257 e. The normalized spacial score (nSPS) is 18.2. The number of aryl methyl sites for hydroxylation is 3. The van der Waals surface area contributed by atoms with Crippen LogP contribution in [0.1, 0.15) is 51.4 Å². The monoisotopic (exact) mass is 437 g/mol. The Morgan fingerprint density at radius 2 is 1.67 bits per heavy atom. The molecule has 4 heteroatoms. The minimum atomic E-state index is -0.0647. The Bertz CT molecular complexity index is 1210. The highest BCUT2D eigenvalue weighted by Crippen LogP contribution is 2.34. The van der Waals surface area contributed by atoms with E-state index in [4.69, 9.17) is 5.10 Å². The minimum absolute atomic E-state index is 0.0647. The van der Waals surface area contributed by atoms with E-state index in [0.29, 0.717) is 6.54 Å². The third-order valence-corrected chi connectivity index (χ3v) is 6.90. The lowest BCUT2D eigenvalue weighted by Gasteiger charge is -2.30. The van der Waals surface area contributed by atoms with Crippen LogP contribution in [0.25, 0.3) is 0 Å². The summed E-state index contributed by atoms with van der Waals surface area (Å²) < 4.78 is 0. The summed E-state index contributed by atoms with van der Waals surface area (Å²) in [6, 6.07) is 23.5. The van der Waals surface area contributed by atoms with Gasteiger partial charge in [0.15, 0.2) is 0 Å². The molecule has 0 fully saturated rings. The Balaban J connectivity index is 1.42. The number of rotatable bonds is 4. The van der Waals surface area contributed by atoms with Gasteiger partial charge < -0.3 is 0 Å². The Morgan fingerprint density at radius 1 is 0.939 bits per heavy atom. The van der Waals surface area contributed by atoms with E-state index in [-0.39, 0.29) is 11.9 Å². The molecule has 3 aromatic carbocycles. The molecule has 168 valence electrons. The van der Waals surface area contributed by atoms with Crippen molar-refractivity contribution in [3.8, 4) is 0 Å². The van der Waals surface area contributed by atoms with Crippen molar-refractivity contribution in [1.82, 2.24) is 9.91 Å². The maximum atomic E-state index is 13.6. The second kappa shape index (κ2) is 8.95. The summed E-state index contributed by atoms with van der Waals surface area (Å²) in [5.74, 6) is 0.0697. The topological polar surface area (TPSA) is 35.9 Å². The first-order valence-electron chi connectivity index (χ1n) is 11.8. The van der Waals surface area contributed by atoms with Gasteiger partial charge in [0.25, 0.3) is 5.91 Å². The van der Waals surface area contributed by atoms with Gasteiger partial charge >= 0.3 is 0 Å². The second-order valence-corrected chi connectivity index (χ2v) is 9.46. The Hall–Kier alpha value is -3.24. The molecule has 1 atom stereocenters. The van der Waals surface area contributed by atoms with Crippen molar-refractivity contribution in [1.29, 1.82) is 0 Å². The van der Waals surface area contributed by atoms with Crippen LogP contribution in [-0.2, 0) is 17.8 Å². The van der Waals surface area contributed by atoms with E-state index in [0.717, 1.165) is 42.8 Å². The second-order valence-electron chi connectivity index (χ2n) is 9.46. The molecule has 0 unspecified atom stereocenters. The molecule has 0 N–H and O–H groups in total. The summed E-state index contributed by atoms with van der Waals surface area (Å²) in [5.41, 5.74) is 9.64. The molecule has 0 saturated carbocycles. The predicted octanol–water partition coefficient (Wildman–Crippen LogP) is 5.35. The van der Waals surface area contributed by atoms with E-state index < -0.39 is 0 Å². The number of carbonyl (C=O) groups is 1. The third kappa shape index (κ3) is 4.49. The molecular formula is C29H31N3O. The van der Waals surface area contributed by atoms with Gasteiger partial charge in [-0.3, -0.25) is 9.69 Å². The first kappa shape index (κ1) is 21.6. The molecule has 3 aromatic rings. The average Bonchev–Trinajstić information content (AvgIpc) is 3.26. The van der Waals surface area contributed by atoms with Crippen LogP contribution < -0.4 is 0 Å². The van der Waals surface area contributed by atoms with Crippen LogP contribution in [-0.4, -0.2) is 34.6 Å². The van der Waals surface area contributed by atoms with E-state index in [1.54, 1.807) is 5.01 Å². The molecule has 0 bridgehead atoms. The van der Waals surface area contributed by atoms with Gasteiger partial charge in [0.05, 0.1) is 18.3 Å². The molecule has 0 spiro atoms. The summed E-state index contributed by atoms with van der Waals surface area (Å²) in [5, 5.41) is 6.68. The summed E-state index contributed by atoms with van der Waals surface area (Å²) in [7, 11) is 0. The highest BCUT2D eigenvalue weighted by atomic mass is 16.2. The number of hydrogen-bond donors (Lipinski definition) is 0. The van der Waals surface area contributed by atoms with Crippen molar-refractivity contribution >= 4 is 11.6 Å². The zero-order chi connectivity index (χ0) is 22.9. The Labute approximate surface area is 196 Å². The maximum Gasteiger partial charge on any atom is 0.257 e. The molecule has 0 aliphatic carbocycles. The fourth-order valence-electron chi connectivity index (χ4n) is 4.95. The van der Waals surface area contributed by atoms with Gasteiger partial charge in [-0.2, -0.15) is 5.10 Å². The third-order valence-electron chi connectivity index (χ3n) is 6.90. The molecule has 4 nitrogen and oxygen atoms in total. The molecule has 0 radical (unpaired) electrons. The number of amides is 1. The van der Waals surface area contributed by atoms with E-state index >= 15 is 0 Å². The first-order chi connectivity index (χ1) is 16.0. The lowest BCUT2D eigenvalue weighted by atomic mass is 9.94. The summed E-state index contributed by atoms with van der Waals surface area (Å²) in [6.45, 7) is 8.42. The van der Waals surface area contributed by atoms with Gasteiger partial charge in [-0.15, -0.1) is 0 Å². The summed E-state index contributed by atoms with van der Waals surface area (Å²) in [6.07, 6.45) is 1.73. The number of hydrogen-bond acceptors (Lipinski definition) is 3. The largest absolute Gasteiger partial charge is 0.290 e. The Kier molecular flexibility index (Phi) is 5.86. The lowest BCUT2D eigenvalue weighted by molar-refractivity contribution is -0.134. The van der Waals surface area contributed by atoms with Gasteiger partial charge in [0, 0.05) is 25.1 Å². The maximum absolute atomic E-state index is 13.6. The van der Waals surface area contributed by atoms with E-state index in [2.05, 4.69) is 92.4 Å². The SMILES string of the molecule is Cc1ccc([C@H]2CC(c3cc(C)ccc3C)=NN2C(=O)CN2CCc3ccccc3C2)cc1. The van der Waals surface area contributed by atoms with Crippen molar-refractivity contribution in [3.63, 3.8) is 0 Å². The van der Waals surface area contributed by atoms with Crippen molar-refractivity contribution in [2.75, 3.05) is 13.1 Å².